The van der Waals surface area contributed by atoms with E-state index in [4.69, 9.17) is 4.74 Å². The van der Waals surface area contributed by atoms with Gasteiger partial charge in [-0.15, -0.1) is 0 Å². The Labute approximate surface area is 154 Å². The van der Waals surface area contributed by atoms with Crippen molar-refractivity contribution >= 4 is 11.6 Å². The Morgan fingerprint density at radius 1 is 1.50 bits per heavy atom. The number of pyridine rings is 1. The molecule has 0 aliphatic heterocycles. The number of aliphatic hydroxyl groups is 1. The fourth-order valence-electron chi connectivity index (χ4n) is 3.32. The fourth-order valence-corrected chi connectivity index (χ4v) is 3.32. The number of carbonyl (C=O) groups excluding carboxylic acids is 1. The van der Waals surface area contributed by atoms with E-state index < -0.39 is 0 Å². The molecule has 1 aliphatic rings. The van der Waals surface area contributed by atoms with Gasteiger partial charge in [-0.3, -0.25) is 9.20 Å². The van der Waals surface area contributed by atoms with Crippen LogP contribution in [0.1, 0.15) is 61.6 Å². The number of nitrogens with one attached hydrogen (secondary N) is 1. The van der Waals surface area contributed by atoms with Gasteiger partial charge in [-0.1, -0.05) is 26.2 Å². The number of fused-ring (bicyclic) bond motifs is 1. The van der Waals surface area contributed by atoms with Gasteiger partial charge in [0.25, 0.3) is 5.91 Å². The molecule has 2 aromatic heterocycles. The summed E-state index contributed by atoms with van der Waals surface area (Å²) < 4.78 is 7.76. The maximum atomic E-state index is 12.8. The van der Waals surface area contributed by atoms with E-state index in [1.54, 1.807) is 4.40 Å². The number of hydrogen-bond acceptors (Lipinski definition) is 4. The van der Waals surface area contributed by atoms with Gasteiger partial charge in [0.05, 0.1) is 24.9 Å². The molecule has 0 saturated heterocycles. The van der Waals surface area contributed by atoms with E-state index in [9.17, 15) is 9.90 Å². The van der Waals surface area contributed by atoms with Crippen molar-refractivity contribution in [3.8, 4) is 5.75 Å². The van der Waals surface area contributed by atoms with Crippen molar-refractivity contribution in [2.45, 2.75) is 58.4 Å². The molecule has 0 bridgehead atoms. The molecule has 0 unspecified atom stereocenters. The molecular weight excluding hydrogens is 330 g/mol. The Hall–Kier alpha value is -2.08. The Morgan fingerprint density at radius 2 is 2.31 bits per heavy atom. The van der Waals surface area contributed by atoms with E-state index in [1.165, 1.54) is 19.3 Å². The number of aryl methyl sites for hydroxylation is 1. The maximum absolute atomic E-state index is 12.8. The van der Waals surface area contributed by atoms with Crippen LogP contribution in [0.15, 0.2) is 18.3 Å². The Bertz CT molecular complexity index is 752. The highest BCUT2D eigenvalue weighted by Crippen LogP contribution is 2.28. The summed E-state index contributed by atoms with van der Waals surface area (Å²) in [5, 5.41) is 12.5. The van der Waals surface area contributed by atoms with Gasteiger partial charge in [-0.25, -0.2) is 4.98 Å². The van der Waals surface area contributed by atoms with Crippen molar-refractivity contribution in [1.82, 2.24) is 14.7 Å². The molecule has 1 amide bonds. The Morgan fingerprint density at radius 3 is 2.96 bits per heavy atom. The third-order valence-electron chi connectivity index (χ3n) is 5.16. The van der Waals surface area contributed by atoms with Crippen LogP contribution in [0.5, 0.6) is 5.75 Å². The summed E-state index contributed by atoms with van der Waals surface area (Å²) in [4.78, 5) is 17.3. The number of rotatable bonds is 9. The first kappa shape index (κ1) is 18.7. The van der Waals surface area contributed by atoms with Gasteiger partial charge >= 0.3 is 0 Å². The van der Waals surface area contributed by atoms with Gasteiger partial charge in [0.15, 0.2) is 11.4 Å². The molecule has 0 radical (unpaired) electrons. The number of aliphatic hydroxyl groups excluding tert-OH is 1. The molecule has 26 heavy (non-hydrogen) atoms. The first-order valence-corrected chi connectivity index (χ1v) is 9.66. The van der Waals surface area contributed by atoms with E-state index in [1.807, 2.05) is 25.3 Å². The lowest BCUT2D eigenvalue weighted by molar-refractivity contribution is 0.0905. The number of amides is 1. The zero-order valence-electron chi connectivity index (χ0n) is 15.7. The van der Waals surface area contributed by atoms with Crippen molar-refractivity contribution in [1.29, 1.82) is 0 Å². The highest BCUT2D eigenvalue weighted by molar-refractivity contribution is 5.95. The summed E-state index contributed by atoms with van der Waals surface area (Å²) >= 11 is 0. The summed E-state index contributed by atoms with van der Waals surface area (Å²) in [6, 6.07) is 3.55. The Kier molecular flexibility index (Phi) is 6.14. The number of imidazole rings is 1. The molecule has 0 aromatic carbocycles. The lowest BCUT2D eigenvalue weighted by Crippen LogP contribution is -2.38. The van der Waals surface area contributed by atoms with Crippen molar-refractivity contribution in [2.24, 2.45) is 5.92 Å². The van der Waals surface area contributed by atoms with Gasteiger partial charge in [-0.2, -0.15) is 0 Å². The molecule has 1 aliphatic carbocycles. The molecule has 1 saturated carbocycles. The van der Waals surface area contributed by atoms with Crippen LogP contribution >= 0.6 is 0 Å². The van der Waals surface area contributed by atoms with Crippen molar-refractivity contribution in [3.63, 3.8) is 0 Å². The van der Waals surface area contributed by atoms with Crippen LogP contribution in [0.2, 0.25) is 0 Å². The lowest BCUT2D eigenvalue weighted by Gasteiger charge is -2.25. The van der Waals surface area contributed by atoms with Gasteiger partial charge in [0.1, 0.15) is 5.69 Å². The third kappa shape index (κ3) is 4.01. The van der Waals surface area contributed by atoms with Gasteiger partial charge in [-0.05, 0) is 44.2 Å². The van der Waals surface area contributed by atoms with E-state index in [0.717, 1.165) is 19.3 Å². The number of ether oxygens (including phenoxy) is 1. The normalized spacial score (nSPS) is 15.7. The zero-order chi connectivity index (χ0) is 18.5. The molecule has 6 heteroatoms. The highest BCUT2D eigenvalue weighted by atomic mass is 16.5. The minimum absolute atomic E-state index is 0.0583. The predicted molar refractivity (Wildman–Crippen MR) is 101 cm³/mol. The smallest absolute Gasteiger partial charge is 0.270 e. The summed E-state index contributed by atoms with van der Waals surface area (Å²) in [7, 11) is 0. The van der Waals surface area contributed by atoms with Gasteiger partial charge in [0.2, 0.25) is 0 Å². The Balaban J connectivity index is 1.79. The van der Waals surface area contributed by atoms with Crippen LogP contribution in [-0.4, -0.2) is 39.7 Å². The van der Waals surface area contributed by atoms with Crippen LogP contribution < -0.4 is 10.1 Å². The topological polar surface area (TPSA) is 75.9 Å². The number of carbonyl (C=O) groups is 1. The molecular formula is C20H29N3O3. The molecule has 0 spiro atoms. The second-order valence-electron chi connectivity index (χ2n) is 7.21. The maximum Gasteiger partial charge on any atom is 0.270 e. The van der Waals surface area contributed by atoms with E-state index in [-0.39, 0.29) is 18.6 Å². The van der Waals surface area contributed by atoms with Crippen LogP contribution in [0.4, 0.5) is 0 Å². The number of nitrogens with zero attached hydrogens (tertiary/aromatic N) is 2. The van der Waals surface area contributed by atoms with Crippen molar-refractivity contribution in [2.75, 3.05) is 13.2 Å². The van der Waals surface area contributed by atoms with E-state index in [0.29, 0.717) is 35.3 Å². The molecule has 2 aromatic rings. The van der Waals surface area contributed by atoms with E-state index >= 15 is 0 Å². The standard InChI is InChI=1S/C20H29N3O3/c1-3-4-9-16(12-24)22-20(25)18-14(2)21-19-17(10-6-11-23(18)19)26-13-15-7-5-8-15/h6,10-11,15-16,24H,3-5,7-9,12-13H2,1-2H3,(H,22,25)/t16-/m1/s1. The monoisotopic (exact) mass is 359 g/mol. The first-order valence-electron chi connectivity index (χ1n) is 9.66. The van der Waals surface area contributed by atoms with Gasteiger partial charge < -0.3 is 15.2 Å². The van der Waals surface area contributed by atoms with Crippen LogP contribution in [0.3, 0.4) is 0 Å². The second-order valence-corrected chi connectivity index (χ2v) is 7.21. The van der Waals surface area contributed by atoms with Crippen LogP contribution in [0.25, 0.3) is 5.65 Å². The molecule has 2 N–H and O–H groups in total. The SMILES string of the molecule is CCCC[C@H](CO)NC(=O)c1c(C)nc2c(OCC3CCC3)cccn12. The second kappa shape index (κ2) is 8.54. The summed E-state index contributed by atoms with van der Waals surface area (Å²) in [6.07, 6.45) is 8.34. The molecule has 6 nitrogen and oxygen atoms in total. The number of aromatic nitrogens is 2. The highest BCUT2D eigenvalue weighted by Gasteiger charge is 2.22. The molecule has 1 fully saturated rings. The summed E-state index contributed by atoms with van der Waals surface area (Å²) in [5.74, 6) is 1.14. The minimum Gasteiger partial charge on any atom is -0.489 e. The predicted octanol–water partition coefficient (Wildman–Crippen LogP) is 3.10. The summed E-state index contributed by atoms with van der Waals surface area (Å²) in [6.45, 7) is 4.57. The lowest BCUT2D eigenvalue weighted by atomic mass is 9.86. The zero-order valence-corrected chi connectivity index (χ0v) is 15.7. The largest absolute Gasteiger partial charge is 0.489 e. The quantitative estimate of drug-likeness (QED) is 0.721. The molecule has 142 valence electrons. The molecule has 2 heterocycles. The molecule has 3 rings (SSSR count). The number of unbranched alkanes of at least 4 members (excludes halogenated alkanes) is 1. The number of hydrogen-bond donors (Lipinski definition) is 2. The average molecular weight is 359 g/mol. The average Bonchev–Trinajstić information content (AvgIpc) is 2.93. The van der Waals surface area contributed by atoms with Crippen molar-refractivity contribution < 1.29 is 14.6 Å². The first-order chi connectivity index (χ1) is 12.6. The molecule has 1 atom stereocenters. The van der Waals surface area contributed by atoms with Crippen LogP contribution in [0, 0.1) is 12.8 Å². The fraction of sp³-hybridized carbons (Fsp3) is 0.600. The minimum atomic E-state index is -0.231. The van der Waals surface area contributed by atoms with Crippen molar-refractivity contribution in [3.05, 3.63) is 29.7 Å². The summed E-state index contributed by atoms with van der Waals surface area (Å²) in [5.41, 5.74) is 1.84. The van der Waals surface area contributed by atoms with E-state index in [2.05, 4.69) is 17.2 Å². The van der Waals surface area contributed by atoms with Crippen LogP contribution in [-0.2, 0) is 0 Å². The van der Waals surface area contributed by atoms with Gasteiger partial charge in [0, 0.05) is 6.20 Å². The third-order valence-corrected chi connectivity index (χ3v) is 5.16.